The summed E-state index contributed by atoms with van der Waals surface area (Å²) in [4.78, 5) is 38.0. The van der Waals surface area contributed by atoms with E-state index in [9.17, 15) is 14.0 Å². The summed E-state index contributed by atoms with van der Waals surface area (Å²) in [5, 5.41) is 8.35. The average molecular weight is 646 g/mol. The fraction of sp³-hybridized carbons (Fsp3) is 0.788. The van der Waals surface area contributed by atoms with E-state index in [0.29, 0.717) is 37.3 Å². The minimum Gasteiger partial charge on any atom is -0.367 e. The summed E-state index contributed by atoms with van der Waals surface area (Å²) in [6.07, 6.45) is 11.7. The molecule has 46 heavy (non-hydrogen) atoms. The molecule has 1 aliphatic carbocycles. The van der Waals surface area contributed by atoms with Crippen LogP contribution in [-0.4, -0.2) is 109 Å². The Morgan fingerprint density at radius 2 is 1.67 bits per heavy atom. The molecule has 5 aliphatic rings. The van der Waals surface area contributed by atoms with Gasteiger partial charge in [0, 0.05) is 51.7 Å². The van der Waals surface area contributed by atoms with Crippen molar-refractivity contribution < 1.29 is 18.4 Å². The number of halogens is 2. The normalized spacial score (nSPS) is 31.4. The van der Waals surface area contributed by atoms with Crippen LogP contribution < -0.4 is 26.7 Å². The first kappa shape index (κ1) is 33.5. The number of fused-ring (bicyclic) bond motifs is 1. The first-order valence-corrected chi connectivity index (χ1v) is 17.6. The number of likely N-dealkylation sites (N-methyl/N-ethyl adjacent to an activating group) is 1. The molecule has 6 rings (SSSR count). The number of nitrogens with one attached hydrogen (secondary N) is 3. The standard InChI is InChI=1S/C33H53F2N9O2/c1-41-13-8-14-43(18-17-41)32(46)23-11-15-42(16-12-23)29-26(35)20-37-21-27(29)39-31(45)28-30(36)40-44-22-25(34)19-38-33(28,44)24-9-6-4-2-3-5-7-10-24/h20-21,23-25,28,30,38,40H,2-19,22,36H2,1H3,(H,39,45). The number of alkyl halides is 1. The Hall–Kier alpha value is -2.45. The quantitative estimate of drug-likeness (QED) is 0.383. The van der Waals surface area contributed by atoms with Crippen LogP contribution in [0.5, 0.6) is 0 Å². The molecule has 4 aliphatic heterocycles. The van der Waals surface area contributed by atoms with E-state index in [1.807, 2.05) is 14.8 Å². The third-order valence-corrected chi connectivity index (χ3v) is 11.2. The van der Waals surface area contributed by atoms with Gasteiger partial charge in [0.05, 0.1) is 24.2 Å². The maximum Gasteiger partial charge on any atom is 0.233 e. The maximum atomic E-state index is 15.5. The molecule has 1 aromatic rings. The molecule has 1 saturated carbocycles. The summed E-state index contributed by atoms with van der Waals surface area (Å²) < 4.78 is 30.3. The second-order valence-corrected chi connectivity index (χ2v) is 14.2. The van der Waals surface area contributed by atoms with Crippen molar-refractivity contribution in [1.29, 1.82) is 0 Å². The van der Waals surface area contributed by atoms with Gasteiger partial charge in [0.25, 0.3) is 0 Å². The van der Waals surface area contributed by atoms with E-state index in [2.05, 4.69) is 33.0 Å². The minimum absolute atomic E-state index is 0.0966. The van der Waals surface area contributed by atoms with E-state index in [4.69, 9.17) is 5.73 Å². The molecule has 0 spiro atoms. The molecule has 13 heteroatoms. The number of nitrogens with two attached hydrogens (primary N) is 1. The van der Waals surface area contributed by atoms with Crippen molar-refractivity contribution in [3.63, 3.8) is 0 Å². The topological polar surface area (TPSA) is 122 Å². The van der Waals surface area contributed by atoms with E-state index in [-0.39, 0.29) is 36.7 Å². The van der Waals surface area contributed by atoms with Crippen LogP contribution in [0.15, 0.2) is 12.4 Å². The Balaban J connectivity index is 1.19. The number of rotatable bonds is 5. The Morgan fingerprint density at radius 3 is 2.41 bits per heavy atom. The number of hydrogen-bond acceptors (Lipinski definition) is 9. The highest BCUT2D eigenvalue weighted by Crippen LogP contribution is 2.44. The predicted octanol–water partition coefficient (Wildman–Crippen LogP) is 2.65. The molecule has 0 bridgehead atoms. The molecule has 5 heterocycles. The zero-order valence-corrected chi connectivity index (χ0v) is 27.4. The van der Waals surface area contributed by atoms with Gasteiger partial charge in [-0.15, -0.1) is 0 Å². The molecule has 4 unspecified atom stereocenters. The van der Waals surface area contributed by atoms with Gasteiger partial charge in [0.1, 0.15) is 23.4 Å². The fourth-order valence-electron chi connectivity index (χ4n) is 8.73. The largest absolute Gasteiger partial charge is 0.367 e. The molecular formula is C33H53F2N9O2. The number of hydrogen-bond donors (Lipinski definition) is 4. The molecule has 0 aromatic carbocycles. The van der Waals surface area contributed by atoms with Gasteiger partial charge in [-0.25, -0.2) is 19.2 Å². The van der Waals surface area contributed by atoms with Crippen LogP contribution in [-0.2, 0) is 9.59 Å². The number of aromatic nitrogens is 1. The third-order valence-electron chi connectivity index (χ3n) is 11.2. The smallest absolute Gasteiger partial charge is 0.233 e. The number of carbonyl (C=O) groups is 2. The molecule has 4 atom stereocenters. The average Bonchev–Trinajstić information content (AvgIpc) is 3.27. The van der Waals surface area contributed by atoms with Crippen LogP contribution >= 0.6 is 0 Å². The summed E-state index contributed by atoms with van der Waals surface area (Å²) in [6, 6.07) is 0. The zero-order chi connectivity index (χ0) is 32.3. The summed E-state index contributed by atoms with van der Waals surface area (Å²) in [6.45, 7) is 4.68. The van der Waals surface area contributed by atoms with Crippen LogP contribution in [0.2, 0.25) is 0 Å². The van der Waals surface area contributed by atoms with Crippen LogP contribution in [0.3, 0.4) is 0 Å². The maximum absolute atomic E-state index is 15.5. The Bertz CT molecular complexity index is 1210. The molecule has 256 valence electrons. The predicted molar refractivity (Wildman–Crippen MR) is 174 cm³/mol. The first-order chi connectivity index (χ1) is 22.3. The van der Waals surface area contributed by atoms with Gasteiger partial charge in [-0.3, -0.25) is 19.9 Å². The highest BCUT2D eigenvalue weighted by atomic mass is 19.1. The summed E-state index contributed by atoms with van der Waals surface area (Å²) in [5.74, 6) is -1.40. The van der Waals surface area contributed by atoms with E-state index < -0.39 is 29.7 Å². The summed E-state index contributed by atoms with van der Waals surface area (Å²) >= 11 is 0. The first-order valence-electron chi connectivity index (χ1n) is 17.6. The molecule has 0 radical (unpaired) electrons. The zero-order valence-electron chi connectivity index (χ0n) is 27.4. The molecule has 11 nitrogen and oxygen atoms in total. The van der Waals surface area contributed by atoms with Gasteiger partial charge in [-0.05, 0) is 51.6 Å². The number of carbonyl (C=O) groups excluding carboxylic acids is 2. The van der Waals surface area contributed by atoms with Crippen molar-refractivity contribution in [3.8, 4) is 0 Å². The number of pyridine rings is 1. The summed E-state index contributed by atoms with van der Waals surface area (Å²) in [7, 11) is 2.09. The number of amides is 2. The molecular weight excluding hydrogens is 592 g/mol. The van der Waals surface area contributed by atoms with Crippen LogP contribution in [0, 0.1) is 23.6 Å². The molecule has 5 fully saturated rings. The van der Waals surface area contributed by atoms with Gasteiger partial charge in [-0.1, -0.05) is 38.5 Å². The fourth-order valence-corrected chi connectivity index (χ4v) is 8.73. The van der Waals surface area contributed by atoms with Crippen molar-refractivity contribution in [2.45, 2.75) is 88.6 Å². The van der Waals surface area contributed by atoms with Crippen molar-refractivity contribution in [1.82, 2.24) is 30.5 Å². The van der Waals surface area contributed by atoms with Crippen LogP contribution in [0.1, 0.15) is 70.6 Å². The Labute approximate surface area is 271 Å². The van der Waals surface area contributed by atoms with E-state index >= 15 is 4.39 Å². The highest BCUT2D eigenvalue weighted by molar-refractivity contribution is 5.97. The van der Waals surface area contributed by atoms with Crippen LogP contribution in [0.25, 0.3) is 0 Å². The van der Waals surface area contributed by atoms with Crippen molar-refractivity contribution in [2.24, 2.45) is 23.5 Å². The third kappa shape index (κ3) is 6.89. The Kier molecular flexibility index (Phi) is 10.7. The van der Waals surface area contributed by atoms with E-state index in [0.717, 1.165) is 71.1 Å². The van der Waals surface area contributed by atoms with Crippen molar-refractivity contribution in [2.75, 3.05) is 69.6 Å². The van der Waals surface area contributed by atoms with Gasteiger partial charge < -0.3 is 25.8 Å². The second-order valence-electron chi connectivity index (χ2n) is 14.2. The van der Waals surface area contributed by atoms with Gasteiger partial charge in [0.2, 0.25) is 11.8 Å². The SMILES string of the molecule is CN1CCCN(C(=O)C2CCN(c3c(F)cncc3NC(=O)C3C(N)NN4CC(F)CNC34C3CCCCCCCC3)CC2)CC1. The monoisotopic (exact) mass is 645 g/mol. The minimum atomic E-state index is -1.08. The van der Waals surface area contributed by atoms with E-state index in [1.54, 1.807) is 0 Å². The summed E-state index contributed by atoms with van der Waals surface area (Å²) in [5.41, 5.74) is 9.62. The number of anilines is 2. The van der Waals surface area contributed by atoms with Gasteiger partial charge in [0.15, 0.2) is 5.82 Å². The lowest BCUT2D eigenvalue weighted by atomic mass is 9.74. The lowest BCUT2D eigenvalue weighted by Crippen LogP contribution is -2.72. The molecule has 2 amide bonds. The van der Waals surface area contributed by atoms with Crippen molar-refractivity contribution >= 4 is 23.2 Å². The van der Waals surface area contributed by atoms with Crippen molar-refractivity contribution in [3.05, 3.63) is 18.2 Å². The van der Waals surface area contributed by atoms with E-state index in [1.165, 1.54) is 25.2 Å². The highest BCUT2D eigenvalue weighted by Gasteiger charge is 2.61. The van der Waals surface area contributed by atoms with Gasteiger partial charge in [-0.2, -0.15) is 0 Å². The number of piperidine rings is 1. The van der Waals surface area contributed by atoms with Crippen LogP contribution in [0.4, 0.5) is 20.2 Å². The number of nitrogens with zero attached hydrogens (tertiary/aromatic N) is 5. The van der Waals surface area contributed by atoms with Gasteiger partial charge >= 0.3 is 0 Å². The molecule has 5 N–H and O–H groups in total. The lowest BCUT2D eigenvalue weighted by Gasteiger charge is -2.50. The second kappa shape index (κ2) is 14.8. The number of hydrazine groups is 1. The Morgan fingerprint density at radius 1 is 0.957 bits per heavy atom. The lowest BCUT2D eigenvalue weighted by molar-refractivity contribution is -0.136. The molecule has 1 aromatic heterocycles. The molecule has 4 saturated heterocycles.